The Morgan fingerprint density at radius 3 is 1.79 bits per heavy atom. The predicted molar refractivity (Wildman–Crippen MR) is 132 cm³/mol. The van der Waals surface area contributed by atoms with Crippen LogP contribution in [0.5, 0.6) is 17.2 Å². The molecule has 0 bridgehead atoms. The molecule has 1 aromatic carbocycles. The molecule has 0 spiro atoms. The van der Waals surface area contributed by atoms with Crippen LogP contribution in [0, 0.1) is 0 Å². The number of hydrogen-bond donors (Lipinski definition) is 0. The van der Waals surface area contributed by atoms with Gasteiger partial charge < -0.3 is 37.9 Å². The molecule has 1 aliphatic heterocycles. The third-order valence-electron chi connectivity index (χ3n) is 5.07. The van der Waals surface area contributed by atoms with E-state index in [-0.39, 0.29) is 17.2 Å². The number of carbonyl (C=O) groups excluding carboxylic acids is 5. The molecule has 13 nitrogen and oxygen atoms in total. The molecule has 0 aliphatic carbocycles. The van der Waals surface area contributed by atoms with Gasteiger partial charge in [-0.05, 0) is 41.4 Å². The lowest BCUT2D eigenvalue weighted by molar-refractivity contribution is -0.288. The zero-order valence-corrected chi connectivity index (χ0v) is 22.8. The van der Waals surface area contributed by atoms with Crippen LogP contribution >= 0.6 is 11.6 Å². The van der Waals surface area contributed by atoms with Gasteiger partial charge in [0.1, 0.15) is 12.7 Å². The summed E-state index contributed by atoms with van der Waals surface area (Å²) in [6.45, 7) is 4.05. The van der Waals surface area contributed by atoms with E-state index in [4.69, 9.17) is 49.5 Å². The highest BCUT2D eigenvalue weighted by atomic mass is 35.5. The molecule has 1 aliphatic rings. The molecule has 0 aromatic heterocycles. The minimum Gasteiger partial charge on any atom is -0.493 e. The molecular formula is C25H29ClO13. The lowest BCUT2D eigenvalue weighted by Crippen LogP contribution is -2.63. The van der Waals surface area contributed by atoms with Crippen molar-refractivity contribution in [1.29, 1.82) is 0 Å². The molecule has 1 saturated heterocycles. The summed E-state index contributed by atoms with van der Waals surface area (Å²) in [5.74, 6) is -2.80. The smallest absolute Gasteiger partial charge is 0.303 e. The van der Waals surface area contributed by atoms with Crippen molar-refractivity contribution < 1.29 is 61.9 Å². The van der Waals surface area contributed by atoms with Gasteiger partial charge in [0.05, 0.1) is 14.2 Å². The Hall–Kier alpha value is -3.84. The number of carbonyl (C=O) groups is 5. The summed E-state index contributed by atoms with van der Waals surface area (Å²) in [5, 5.41) is -0.703. The standard InChI is InChI=1S/C25H29ClO13/c1-12(27)34-11-19-22(35-13(2)28)23(36-14(3)29)24(37-15(4)30)25(38-19)39-21-17(32-5)9-16(7-8-20(26)31)10-18(21)33-6/h7-10,19,22-25H,11H2,1-6H3/t19-,22-,23+,24-,25+/m1/s1. The van der Waals surface area contributed by atoms with Crippen molar-refractivity contribution >= 4 is 46.8 Å². The fraction of sp³-hybridized carbons (Fsp3) is 0.480. The fourth-order valence-electron chi connectivity index (χ4n) is 3.67. The molecule has 1 fully saturated rings. The van der Waals surface area contributed by atoms with Crippen LogP contribution in [0.2, 0.25) is 0 Å². The first-order valence-electron chi connectivity index (χ1n) is 11.5. The van der Waals surface area contributed by atoms with Crippen LogP contribution in [-0.4, -0.2) is 80.7 Å². The average Bonchev–Trinajstić information content (AvgIpc) is 2.84. The average molecular weight is 573 g/mol. The fourth-order valence-corrected chi connectivity index (χ4v) is 3.74. The summed E-state index contributed by atoms with van der Waals surface area (Å²) in [6, 6.07) is 3.00. The van der Waals surface area contributed by atoms with Crippen molar-refractivity contribution in [3.63, 3.8) is 0 Å². The van der Waals surface area contributed by atoms with E-state index in [0.29, 0.717) is 5.56 Å². The lowest BCUT2D eigenvalue weighted by atomic mass is 9.98. The number of halogens is 1. The Morgan fingerprint density at radius 1 is 0.821 bits per heavy atom. The van der Waals surface area contributed by atoms with Crippen LogP contribution in [0.4, 0.5) is 0 Å². The first kappa shape index (κ1) is 31.4. The highest BCUT2D eigenvalue weighted by molar-refractivity contribution is 6.66. The zero-order valence-electron chi connectivity index (χ0n) is 22.1. The molecule has 0 amide bonds. The third-order valence-corrected chi connectivity index (χ3v) is 5.20. The number of rotatable bonds is 11. The van der Waals surface area contributed by atoms with Gasteiger partial charge in [-0.15, -0.1) is 0 Å². The van der Waals surface area contributed by atoms with Gasteiger partial charge in [-0.3, -0.25) is 24.0 Å². The molecule has 1 heterocycles. The summed E-state index contributed by atoms with van der Waals surface area (Å²) in [4.78, 5) is 58.6. The molecule has 39 heavy (non-hydrogen) atoms. The van der Waals surface area contributed by atoms with Crippen molar-refractivity contribution in [2.75, 3.05) is 20.8 Å². The van der Waals surface area contributed by atoms with Gasteiger partial charge in [-0.25, -0.2) is 0 Å². The van der Waals surface area contributed by atoms with Crippen LogP contribution in [0.15, 0.2) is 18.2 Å². The van der Waals surface area contributed by atoms with Crippen molar-refractivity contribution in [3.05, 3.63) is 23.8 Å². The van der Waals surface area contributed by atoms with Gasteiger partial charge in [0.25, 0.3) is 0 Å². The SMILES string of the molecule is COc1cc(C=CC(=O)Cl)cc(OC)c1O[C@@H]1O[C@H](COC(C)=O)[C@@H](OC(C)=O)[C@H](OC(C)=O)[C@H]1OC(C)=O. The van der Waals surface area contributed by atoms with E-state index in [1.807, 2.05) is 0 Å². The first-order chi connectivity index (χ1) is 18.4. The summed E-state index contributed by atoms with van der Waals surface area (Å²) in [7, 11) is 2.68. The van der Waals surface area contributed by atoms with E-state index >= 15 is 0 Å². The van der Waals surface area contributed by atoms with Crippen LogP contribution < -0.4 is 14.2 Å². The van der Waals surface area contributed by atoms with Crippen LogP contribution in [0.3, 0.4) is 0 Å². The van der Waals surface area contributed by atoms with Crippen LogP contribution in [0.25, 0.3) is 6.08 Å². The molecule has 214 valence electrons. The number of allylic oxidation sites excluding steroid dienone is 1. The second-order valence-corrected chi connectivity index (χ2v) is 8.45. The highest BCUT2D eigenvalue weighted by Gasteiger charge is 2.53. The van der Waals surface area contributed by atoms with Crippen LogP contribution in [-0.2, 0) is 47.7 Å². The first-order valence-corrected chi connectivity index (χ1v) is 11.8. The number of esters is 4. The molecule has 14 heteroatoms. The van der Waals surface area contributed by atoms with Crippen LogP contribution in [0.1, 0.15) is 33.3 Å². The molecule has 2 rings (SSSR count). The van der Waals surface area contributed by atoms with Gasteiger partial charge in [0, 0.05) is 27.7 Å². The minimum absolute atomic E-state index is 0.0183. The Balaban J connectivity index is 2.62. The van der Waals surface area contributed by atoms with E-state index in [1.165, 1.54) is 32.4 Å². The maximum Gasteiger partial charge on any atom is 0.303 e. The lowest BCUT2D eigenvalue weighted by Gasteiger charge is -2.44. The Kier molecular flexibility index (Phi) is 11.5. The van der Waals surface area contributed by atoms with Gasteiger partial charge in [-0.2, -0.15) is 0 Å². The molecule has 0 unspecified atom stereocenters. The Bertz CT molecular complexity index is 1090. The third kappa shape index (κ3) is 9.14. The summed E-state index contributed by atoms with van der Waals surface area (Å²) < 4.78 is 44.0. The van der Waals surface area contributed by atoms with E-state index in [2.05, 4.69) is 0 Å². The number of ether oxygens (including phenoxy) is 8. The van der Waals surface area contributed by atoms with Gasteiger partial charge in [0.15, 0.2) is 23.7 Å². The van der Waals surface area contributed by atoms with Gasteiger partial charge >= 0.3 is 23.9 Å². The molecule has 0 N–H and O–H groups in total. The van der Waals surface area contributed by atoms with E-state index in [0.717, 1.165) is 33.8 Å². The summed E-state index contributed by atoms with van der Waals surface area (Å²) >= 11 is 5.38. The molecule has 0 saturated carbocycles. The Morgan fingerprint density at radius 2 is 1.33 bits per heavy atom. The normalized spacial score (nSPS) is 22.4. The molecule has 1 aromatic rings. The molecular weight excluding hydrogens is 544 g/mol. The Labute approximate surface area is 229 Å². The predicted octanol–water partition coefficient (Wildman–Crippen LogP) is 1.94. The highest BCUT2D eigenvalue weighted by Crippen LogP contribution is 2.41. The van der Waals surface area contributed by atoms with Crippen molar-refractivity contribution in [1.82, 2.24) is 0 Å². The maximum absolute atomic E-state index is 12.0. The molecule has 5 atom stereocenters. The van der Waals surface area contributed by atoms with Gasteiger partial charge in [-0.1, -0.05) is 0 Å². The zero-order chi connectivity index (χ0) is 29.3. The number of hydrogen-bond acceptors (Lipinski definition) is 13. The van der Waals surface area contributed by atoms with Crippen molar-refractivity contribution in [3.8, 4) is 17.2 Å². The van der Waals surface area contributed by atoms with Crippen molar-refractivity contribution in [2.45, 2.75) is 58.4 Å². The van der Waals surface area contributed by atoms with E-state index < -0.39 is 66.4 Å². The summed E-state index contributed by atoms with van der Waals surface area (Å²) in [5.41, 5.74) is 0.464. The largest absolute Gasteiger partial charge is 0.493 e. The summed E-state index contributed by atoms with van der Waals surface area (Å²) in [6.07, 6.45) is -4.43. The van der Waals surface area contributed by atoms with Crippen molar-refractivity contribution in [2.24, 2.45) is 0 Å². The second-order valence-electron chi connectivity index (χ2n) is 8.08. The minimum atomic E-state index is -1.51. The molecule has 0 radical (unpaired) electrons. The number of methoxy groups -OCH3 is 2. The van der Waals surface area contributed by atoms with E-state index in [1.54, 1.807) is 0 Å². The number of benzene rings is 1. The van der Waals surface area contributed by atoms with E-state index in [9.17, 15) is 24.0 Å². The quantitative estimate of drug-likeness (QED) is 0.164. The monoisotopic (exact) mass is 572 g/mol. The van der Waals surface area contributed by atoms with Gasteiger partial charge in [0.2, 0.25) is 23.4 Å². The second kappa shape index (κ2) is 14.4. The maximum atomic E-state index is 12.0. The topological polar surface area (TPSA) is 159 Å².